The molecular formula is C25H30ClN5O2S. The van der Waals surface area contributed by atoms with E-state index in [9.17, 15) is 9.59 Å². The van der Waals surface area contributed by atoms with Crippen molar-refractivity contribution in [1.82, 2.24) is 20.1 Å². The van der Waals surface area contributed by atoms with Gasteiger partial charge in [-0.05, 0) is 62.6 Å². The molecule has 0 aliphatic carbocycles. The summed E-state index contributed by atoms with van der Waals surface area (Å²) in [5, 5.41) is 16.0. The fourth-order valence-corrected chi connectivity index (χ4v) is 4.51. The van der Waals surface area contributed by atoms with Crippen LogP contribution in [-0.4, -0.2) is 32.3 Å². The summed E-state index contributed by atoms with van der Waals surface area (Å²) >= 11 is 7.30. The molecular weight excluding hydrogens is 470 g/mol. The molecule has 9 heteroatoms. The van der Waals surface area contributed by atoms with Crippen LogP contribution in [0, 0.1) is 19.8 Å². The average molecular weight is 500 g/mol. The molecule has 1 aromatic heterocycles. The number of nitrogens with zero attached hydrogens (tertiary/aromatic N) is 3. The van der Waals surface area contributed by atoms with E-state index >= 15 is 0 Å². The number of benzene rings is 2. The Hall–Kier alpha value is -2.84. The second kappa shape index (κ2) is 11.5. The molecule has 0 aliphatic rings. The van der Waals surface area contributed by atoms with Gasteiger partial charge in [-0.15, -0.1) is 10.2 Å². The van der Waals surface area contributed by atoms with Crippen molar-refractivity contribution < 1.29 is 9.59 Å². The topological polar surface area (TPSA) is 88.9 Å². The van der Waals surface area contributed by atoms with E-state index in [1.807, 2.05) is 63.5 Å². The summed E-state index contributed by atoms with van der Waals surface area (Å²) in [6, 6.07) is 12.5. The molecule has 0 radical (unpaired) electrons. The number of rotatable bonds is 9. The fraction of sp³-hybridized carbons (Fsp3) is 0.360. The van der Waals surface area contributed by atoms with Crippen molar-refractivity contribution in [2.75, 3.05) is 11.1 Å². The van der Waals surface area contributed by atoms with E-state index in [4.69, 9.17) is 11.6 Å². The number of anilines is 1. The Bertz CT molecular complexity index is 1160. The highest BCUT2D eigenvalue weighted by Crippen LogP contribution is 2.26. The Morgan fingerprint density at radius 3 is 2.41 bits per heavy atom. The van der Waals surface area contributed by atoms with E-state index in [1.165, 1.54) is 11.8 Å². The minimum absolute atomic E-state index is 0.0953. The second-order valence-electron chi connectivity index (χ2n) is 8.44. The Kier molecular flexibility index (Phi) is 8.74. The van der Waals surface area contributed by atoms with Gasteiger partial charge in [-0.2, -0.15) is 0 Å². The van der Waals surface area contributed by atoms with Crippen molar-refractivity contribution in [3.8, 4) is 0 Å². The summed E-state index contributed by atoms with van der Waals surface area (Å²) < 4.78 is 1.95. The molecule has 3 rings (SSSR count). The van der Waals surface area contributed by atoms with Crippen LogP contribution in [0.4, 0.5) is 5.69 Å². The molecule has 180 valence electrons. The fourth-order valence-electron chi connectivity index (χ4n) is 3.48. The molecule has 34 heavy (non-hydrogen) atoms. The van der Waals surface area contributed by atoms with Crippen molar-refractivity contribution >= 4 is 40.9 Å². The van der Waals surface area contributed by atoms with E-state index in [0.717, 1.165) is 16.8 Å². The van der Waals surface area contributed by atoms with Crippen molar-refractivity contribution in [2.24, 2.45) is 5.92 Å². The van der Waals surface area contributed by atoms with Crippen molar-refractivity contribution in [3.05, 3.63) is 70.0 Å². The van der Waals surface area contributed by atoms with Gasteiger partial charge >= 0.3 is 0 Å². The Labute approximate surface area is 209 Å². The molecule has 2 aromatic carbocycles. The molecule has 0 unspecified atom stereocenters. The maximum atomic E-state index is 12.9. The number of carbonyl (C=O) groups excluding carboxylic acids is 2. The standard InChI is InChI=1S/C25H30ClN5O2S/c1-6-31-23(22(15(2)3)28-24(33)18-9-7-16(4)8-10-18)29-30-25(31)34-14-21(32)27-20-12-11-19(26)13-17(20)5/h7-13,15,22H,6,14H2,1-5H3,(H,27,32)(H,28,33)/t22-/m0/s1. The largest absolute Gasteiger partial charge is 0.342 e. The van der Waals surface area contributed by atoms with Crippen LogP contribution in [-0.2, 0) is 11.3 Å². The first-order valence-corrected chi connectivity index (χ1v) is 12.5. The summed E-state index contributed by atoms with van der Waals surface area (Å²) in [7, 11) is 0. The number of thioether (sulfide) groups is 1. The van der Waals surface area contributed by atoms with E-state index in [2.05, 4.69) is 20.8 Å². The lowest BCUT2D eigenvalue weighted by molar-refractivity contribution is -0.113. The van der Waals surface area contributed by atoms with Crippen LogP contribution in [0.3, 0.4) is 0 Å². The van der Waals surface area contributed by atoms with Crippen LogP contribution in [0.1, 0.15) is 54.1 Å². The molecule has 3 aromatic rings. The van der Waals surface area contributed by atoms with Gasteiger partial charge in [0.2, 0.25) is 5.91 Å². The summed E-state index contributed by atoms with van der Waals surface area (Å²) in [6.07, 6.45) is 0. The van der Waals surface area contributed by atoms with Gasteiger partial charge in [-0.1, -0.05) is 54.9 Å². The monoisotopic (exact) mass is 499 g/mol. The number of hydrogen-bond donors (Lipinski definition) is 2. The minimum atomic E-state index is -0.318. The Morgan fingerprint density at radius 1 is 1.09 bits per heavy atom. The average Bonchev–Trinajstić information content (AvgIpc) is 3.20. The summed E-state index contributed by atoms with van der Waals surface area (Å²) in [4.78, 5) is 25.4. The van der Waals surface area contributed by atoms with Gasteiger partial charge in [0.25, 0.3) is 5.91 Å². The van der Waals surface area contributed by atoms with Crippen molar-refractivity contribution in [2.45, 2.75) is 52.4 Å². The van der Waals surface area contributed by atoms with Gasteiger partial charge in [0.15, 0.2) is 11.0 Å². The van der Waals surface area contributed by atoms with Gasteiger partial charge < -0.3 is 15.2 Å². The smallest absolute Gasteiger partial charge is 0.251 e. The minimum Gasteiger partial charge on any atom is -0.342 e. The zero-order chi connectivity index (χ0) is 24.8. The summed E-state index contributed by atoms with van der Waals surface area (Å²) in [5.74, 6) is 0.654. The Balaban J connectivity index is 1.71. The predicted octanol–water partition coefficient (Wildman–Crippen LogP) is 5.43. The first-order valence-electron chi connectivity index (χ1n) is 11.2. The lowest BCUT2D eigenvalue weighted by atomic mass is 10.0. The summed E-state index contributed by atoms with van der Waals surface area (Å²) in [6.45, 7) is 10.6. The maximum Gasteiger partial charge on any atom is 0.251 e. The molecule has 0 saturated heterocycles. The maximum absolute atomic E-state index is 12.9. The van der Waals surface area contributed by atoms with Crippen molar-refractivity contribution in [3.63, 3.8) is 0 Å². The molecule has 2 N–H and O–H groups in total. The molecule has 0 saturated carbocycles. The third-order valence-electron chi connectivity index (χ3n) is 5.40. The molecule has 1 heterocycles. The molecule has 7 nitrogen and oxygen atoms in total. The van der Waals surface area contributed by atoms with Crippen LogP contribution >= 0.6 is 23.4 Å². The predicted molar refractivity (Wildman–Crippen MR) is 137 cm³/mol. The third-order valence-corrected chi connectivity index (χ3v) is 6.60. The van der Waals surface area contributed by atoms with Crippen LogP contribution < -0.4 is 10.6 Å². The Morgan fingerprint density at radius 2 is 1.79 bits per heavy atom. The number of aromatic nitrogens is 3. The molecule has 2 amide bonds. The lowest BCUT2D eigenvalue weighted by Crippen LogP contribution is -2.33. The highest BCUT2D eigenvalue weighted by molar-refractivity contribution is 7.99. The first kappa shape index (κ1) is 25.8. The number of amides is 2. The number of halogens is 1. The van der Waals surface area contributed by atoms with Gasteiger partial charge in [-0.3, -0.25) is 9.59 Å². The normalized spacial score (nSPS) is 12.0. The quantitative estimate of drug-likeness (QED) is 0.383. The second-order valence-corrected chi connectivity index (χ2v) is 9.82. The van der Waals surface area contributed by atoms with Crippen LogP contribution in [0.5, 0.6) is 0 Å². The SMILES string of the molecule is CCn1c(SCC(=O)Nc2ccc(Cl)cc2C)nnc1[C@@H](NC(=O)c1ccc(C)cc1)C(C)C. The lowest BCUT2D eigenvalue weighted by Gasteiger charge is -2.22. The molecule has 0 bridgehead atoms. The van der Waals surface area contributed by atoms with Gasteiger partial charge in [-0.25, -0.2) is 0 Å². The third kappa shape index (κ3) is 6.39. The number of carbonyl (C=O) groups is 2. The highest BCUT2D eigenvalue weighted by atomic mass is 35.5. The van der Waals surface area contributed by atoms with Crippen molar-refractivity contribution in [1.29, 1.82) is 0 Å². The van der Waals surface area contributed by atoms with E-state index in [-0.39, 0.29) is 29.5 Å². The van der Waals surface area contributed by atoms with Gasteiger partial charge in [0, 0.05) is 22.8 Å². The van der Waals surface area contributed by atoms with Crippen LogP contribution in [0.25, 0.3) is 0 Å². The molecule has 0 aliphatic heterocycles. The number of aryl methyl sites for hydroxylation is 2. The van der Waals surface area contributed by atoms with Crippen LogP contribution in [0.15, 0.2) is 47.6 Å². The number of hydrogen-bond acceptors (Lipinski definition) is 5. The summed E-state index contributed by atoms with van der Waals surface area (Å²) in [5.41, 5.74) is 3.32. The van der Waals surface area contributed by atoms with E-state index in [0.29, 0.717) is 28.1 Å². The van der Waals surface area contributed by atoms with Gasteiger partial charge in [0.05, 0.1) is 11.8 Å². The van der Waals surface area contributed by atoms with Gasteiger partial charge in [0.1, 0.15) is 0 Å². The first-order chi connectivity index (χ1) is 16.2. The van der Waals surface area contributed by atoms with Crippen LogP contribution in [0.2, 0.25) is 5.02 Å². The highest BCUT2D eigenvalue weighted by Gasteiger charge is 2.26. The number of nitrogens with one attached hydrogen (secondary N) is 2. The van der Waals surface area contributed by atoms with E-state index < -0.39 is 0 Å². The zero-order valence-electron chi connectivity index (χ0n) is 20.1. The van der Waals surface area contributed by atoms with E-state index in [1.54, 1.807) is 18.2 Å². The molecule has 0 spiro atoms. The molecule has 1 atom stereocenters. The molecule has 0 fully saturated rings. The zero-order valence-corrected chi connectivity index (χ0v) is 21.6.